The highest BCUT2D eigenvalue weighted by molar-refractivity contribution is 5.97. The van der Waals surface area contributed by atoms with E-state index in [-0.39, 0.29) is 5.78 Å². The molecule has 0 aliphatic heterocycles. The van der Waals surface area contributed by atoms with Gasteiger partial charge in [0.15, 0.2) is 5.78 Å². The fourth-order valence-electron chi connectivity index (χ4n) is 1.87. The molecule has 0 bridgehead atoms. The molecule has 0 saturated carbocycles. The van der Waals surface area contributed by atoms with Gasteiger partial charge < -0.3 is 4.57 Å². The number of aryl methyl sites for hydroxylation is 2. The number of nitrogens with zero attached hydrogens (tertiary/aromatic N) is 2. The van der Waals surface area contributed by atoms with Crippen LogP contribution in [-0.4, -0.2) is 15.3 Å². The largest absolute Gasteiger partial charge is 0.329 e. The second-order valence-electron chi connectivity index (χ2n) is 3.66. The Hall–Kier alpha value is -1.64. The molecule has 3 nitrogen and oxygen atoms in total. The first-order valence-electron chi connectivity index (χ1n) is 5.11. The minimum Gasteiger partial charge on any atom is -0.329 e. The number of benzene rings is 1. The summed E-state index contributed by atoms with van der Waals surface area (Å²) in [5, 5.41) is 0. The molecule has 3 heteroatoms. The number of carbonyl (C=O) groups is 1. The lowest BCUT2D eigenvalue weighted by atomic mass is 10.1. The van der Waals surface area contributed by atoms with Crippen LogP contribution in [0.1, 0.15) is 30.0 Å². The average molecular weight is 202 g/mol. The van der Waals surface area contributed by atoms with Crippen LogP contribution in [0.3, 0.4) is 0 Å². The zero-order valence-corrected chi connectivity index (χ0v) is 9.24. The maximum absolute atomic E-state index is 11.2. The Morgan fingerprint density at radius 1 is 1.47 bits per heavy atom. The zero-order valence-electron chi connectivity index (χ0n) is 9.24. The van der Waals surface area contributed by atoms with Crippen molar-refractivity contribution in [3.05, 3.63) is 29.6 Å². The molecule has 0 radical (unpaired) electrons. The third-order valence-electron chi connectivity index (χ3n) is 2.66. The molecule has 78 valence electrons. The summed E-state index contributed by atoms with van der Waals surface area (Å²) in [7, 11) is 0. The smallest absolute Gasteiger partial charge is 0.159 e. The van der Waals surface area contributed by atoms with Crippen molar-refractivity contribution in [2.45, 2.75) is 27.3 Å². The molecule has 1 heterocycles. The first kappa shape index (κ1) is 9.90. The van der Waals surface area contributed by atoms with Crippen molar-refractivity contribution >= 4 is 16.8 Å². The van der Waals surface area contributed by atoms with Crippen molar-refractivity contribution in [2.24, 2.45) is 0 Å². The molecule has 1 aromatic carbocycles. The first-order chi connectivity index (χ1) is 7.13. The van der Waals surface area contributed by atoms with Gasteiger partial charge in [-0.1, -0.05) is 0 Å². The number of hydrogen-bond acceptors (Lipinski definition) is 2. The Morgan fingerprint density at radius 2 is 2.20 bits per heavy atom. The molecule has 0 amide bonds. The summed E-state index contributed by atoms with van der Waals surface area (Å²) in [4.78, 5) is 15.7. The zero-order chi connectivity index (χ0) is 11.0. The Labute approximate surface area is 88.7 Å². The summed E-state index contributed by atoms with van der Waals surface area (Å²) in [5.74, 6) is 1.08. The number of carbonyl (C=O) groups excluding carboxylic acids is 1. The minimum absolute atomic E-state index is 0.0839. The van der Waals surface area contributed by atoms with Gasteiger partial charge >= 0.3 is 0 Å². The molecular weight excluding hydrogens is 188 g/mol. The van der Waals surface area contributed by atoms with Crippen LogP contribution in [0.15, 0.2) is 18.2 Å². The van der Waals surface area contributed by atoms with E-state index in [1.165, 1.54) is 0 Å². The highest BCUT2D eigenvalue weighted by Gasteiger charge is 2.07. The molecule has 2 rings (SSSR count). The molecule has 0 spiro atoms. The van der Waals surface area contributed by atoms with E-state index in [9.17, 15) is 4.79 Å². The van der Waals surface area contributed by atoms with Crippen LogP contribution in [0, 0.1) is 6.92 Å². The van der Waals surface area contributed by atoms with Crippen LogP contribution in [0.4, 0.5) is 0 Å². The van der Waals surface area contributed by atoms with Crippen LogP contribution in [-0.2, 0) is 6.54 Å². The highest BCUT2D eigenvalue weighted by atomic mass is 16.1. The topological polar surface area (TPSA) is 34.9 Å². The van der Waals surface area contributed by atoms with E-state index in [0.29, 0.717) is 0 Å². The monoisotopic (exact) mass is 202 g/mol. The van der Waals surface area contributed by atoms with Crippen LogP contribution in [0.25, 0.3) is 11.0 Å². The second-order valence-corrected chi connectivity index (χ2v) is 3.66. The lowest BCUT2D eigenvalue weighted by Gasteiger charge is -2.01. The third kappa shape index (κ3) is 1.54. The van der Waals surface area contributed by atoms with E-state index in [1.807, 2.05) is 25.1 Å². The number of Topliss-reactive ketones (excluding diaryl/α,β-unsaturated/α-hetero) is 1. The molecule has 0 aliphatic rings. The van der Waals surface area contributed by atoms with E-state index in [4.69, 9.17) is 0 Å². The van der Waals surface area contributed by atoms with Gasteiger partial charge in [-0.05, 0) is 39.0 Å². The molecule has 15 heavy (non-hydrogen) atoms. The van der Waals surface area contributed by atoms with Crippen LogP contribution < -0.4 is 0 Å². The maximum atomic E-state index is 11.2. The lowest BCUT2D eigenvalue weighted by Crippen LogP contribution is -1.96. The Kier molecular flexibility index (Phi) is 2.31. The first-order valence-corrected chi connectivity index (χ1v) is 5.11. The van der Waals surface area contributed by atoms with E-state index < -0.39 is 0 Å². The van der Waals surface area contributed by atoms with E-state index in [2.05, 4.69) is 16.5 Å². The van der Waals surface area contributed by atoms with Crippen molar-refractivity contribution in [1.29, 1.82) is 0 Å². The molecule has 0 atom stereocenters. The predicted octanol–water partition coefficient (Wildman–Crippen LogP) is 2.57. The number of rotatable bonds is 2. The SMILES string of the molecule is CCn1c(C)nc2cc(C(C)=O)ccc21. The van der Waals surface area contributed by atoms with Gasteiger partial charge in [0.1, 0.15) is 5.82 Å². The van der Waals surface area contributed by atoms with Gasteiger partial charge in [0.05, 0.1) is 11.0 Å². The van der Waals surface area contributed by atoms with Gasteiger partial charge in [0, 0.05) is 12.1 Å². The number of ketones is 1. The molecule has 0 unspecified atom stereocenters. The molecule has 0 aliphatic carbocycles. The second kappa shape index (κ2) is 3.50. The summed E-state index contributed by atoms with van der Waals surface area (Å²) in [6, 6.07) is 5.68. The molecule has 1 aromatic heterocycles. The van der Waals surface area contributed by atoms with Crippen molar-refractivity contribution in [3.63, 3.8) is 0 Å². The Bertz CT molecular complexity index is 526. The lowest BCUT2D eigenvalue weighted by molar-refractivity contribution is 0.101. The van der Waals surface area contributed by atoms with Crippen molar-refractivity contribution < 1.29 is 4.79 Å². The Morgan fingerprint density at radius 3 is 2.80 bits per heavy atom. The van der Waals surface area contributed by atoms with Gasteiger partial charge in [-0.25, -0.2) is 4.98 Å². The predicted molar refractivity (Wildman–Crippen MR) is 60.1 cm³/mol. The van der Waals surface area contributed by atoms with Crippen molar-refractivity contribution in [1.82, 2.24) is 9.55 Å². The van der Waals surface area contributed by atoms with Crippen molar-refractivity contribution in [3.8, 4) is 0 Å². The fraction of sp³-hybridized carbons (Fsp3) is 0.333. The molecule has 2 aromatic rings. The van der Waals surface area contributed by atoms with Crippen LogP contribution in [0.2, 0.25) is 0 Å². The summed E-state index contributed by atoms with van der Waals surface area (Å²) >= 11 is 0. The van der Waals surface area contributed by atoms with Gasteiger partial charge in [-0.2, -0.15) is 0 Å². The molecule has 0 saturated heterocycles. The van der Waals surface area contributed by atoms with E-state index in [0.717, 1.165) is 29.0 Å². The fourth-order valence-corrected chi connectivity index (χ4v) is 1.87. The summed E-state index contributed by atoms with van der Waals surface area (Å²) < 4.78 is 2.14. The summed E-state index contributed by atoms with van der Waals surface area (Å²) in [5.41, 5.74) is 2.73. The average Bonchev–Trinajstić information content (AvgIpc) is 2.51. The Balaban J connectivity index is 2.69. The molecule has 0 fully saturated rings. The summed E-state index contributed by atoms with van der Waals surface area (Å²) in [6.45, 7) is 6.55. The number of aromatic nitrogens is 2. The minimum atomic E-state index is 0.0839. The van der Waals surface area contributed by atoms with Gasteiger partial charge in [-0.15, -0.1) is 0 Å². The van der Waals surface area contributed by atoms with Crippen molar-refractivity contribution in [2.75, 3.05) is 0 Å². The number of imidazole rings is 1. The van der Waals surface area contributed by atoms with Crippen LogP contribution in [0.5, 0.6) is 0 Å². The molecular formula is C12H14N2O. The normalized spacial score (nSPS) is 10.9. The van der Waals surface area contributed by atoms with E-state index in [1.54, 1.807) is 6.92 Å². The maximum Gasteiger partial charge on any atom is 0.159 e. The standard InChI is InChI=1S/C12H14N2O/c1-4-14-9(3)13-11-7-10(8(2)15)5-6-12(11)14/h5-7H,4H2,1-3H3. The molecule has 0 N–H and O–H groups in total. The number of hydrogen-bond donors (Lipinski definition) is 0. The number of fused-ring (bicyclic) bond motifs is 1. The van der Waals surface area contributed by atoms with Gasteiger partial charge in [0.2, 0.25) is 0 Å². The quantitative estimate of drug-likeness (QED) is 0.701. The highest BCUT2D eigenvalue weighted by Crippen LogP contribution is 2.17. The van der Waals surface area contributed by atoms with Gasteiger partial charge in [0.25, 0.3) is 0 Å². The summed E-state index contributed by atoms with van der Waals surface area (Å²) in [6.07, 6.45) is 0. The van der Waals surface area contributed by atoms with Crippen LogP contribution >= 0.6 is 0 Å². The van der Waals surface area contributed by atoms with Gasteiger partial charge in [-0.3, -0.25) is 4.79 Å². The third-order valence-corrected chi connectivity index (χ3v) is 2.66. The van der Waals surface area contributed by atoms with E-state index >= 15 is 0 Å².